The summed E-state index contributed by atoms with van der Waals surface area (Å²) in [6.07, 6.45) is 78.4. The van der Waals surface area contributed by atoms with Crippen molar-refractivity contribution in [3.05, 3.63) is 72.9 Å². The quantitative estimate of drug-likeness (QED) is 0.0195. The van der Waals surface area contributed by atoms with Crippen molar-refractivity contribution in [1.29, 1.82) is 0 Å². The topological polar surface area (TPSA) is 111 Å². The van der Waals surface area contributed by atoms with Gasteiger partial charge in [-0.05, 0) is 83.5 Å². The van der Waals surface area contributed by atoms with Crippen molar-refractivity contribution in [2.45, 2.75) is 302 Å². The maximum absolute atomic E-state index is 12.8. The molecule has 0 aliphatic carbocycles. The van der Waals surface area contributed by atoms with E-state index < -0.39 is 26.5 Å². The predicted octanol–water partition coefficient (Wildman–Crippen LogP) is 20.2. The Morgan fingerprint density at radius 3 is 1.10 bits per heavy atom. The molecule has 0 saturated carbocycles. The number of phosphoric ester groups is 1. The Labute approximate surface area is 482 Å². The normalized spacial score (nSPS) is 13.7. The summed E-state index contributed by atoms with van der Waals surface area (Å²) in [5.41, 5.74) is 0. The standard InChI is InChI=1S/C68H124NO8P/c1-6-8-10-12-14-16-18-20-22-23-24-25-26-27-28-29-30-31-32-33-34-35-36-37-38-39-40-41-42-43-44-45-47-49-51-53-55-57-59-61-68(71)77-66(65-76-78(72,73)75-63-62-69(3,4)5)64-74-67(70)60-58-56-54-52-50-48-46-21-19-17-15-13-11-9-7-2/h8,10,14,16,20-22,24-25,27-28,46,66H,6-7,9,11-13,15,17-19,23,26,29-45,47-65H2,1-5H3/b10-8-,16-14-,22-20-,25-24-,28-27-,46-21-. The molecular weight excluding hydrogens is 990 g/mol. The SMILES string of the molecule is CC/C=C\C/C=C\C/C=C\C/C=C\C/C=C\CCCCCCCCCCCCCCCCCCCCCCCCCC(=O)OC(COC(=O)CCCCCCC/C=C\CCCCCCCC)COP(=O)([O-])OCC[N+](C)(C)C. The van der Waals surface area contributed by atoms with Crippen LogP contribution in [0.4, 0.5) is 0 Å². The Bertz CT molecular complexity index is 1550. The summed E-state index contributed by atoms with van der Waals surface area (Å²) >= 11 is 0. The van der Waals surface area contributed by atoms with E-state index in [0.29, 0.717) is 17.4 Å². The van der Waals surface area contributed by atoms with Gasteiger partial charge in [-0.1, -0.05) is 273 Å². The van der Waals surface area contributed by atoms with Gasteiger partial charge in [0.15, 0.2) is 6.10 Å². The maximum Gasteiger partial charge on any atom is 0.306 e. The monoisotopic (exact) mass is 1110 g/mol. The van der Waals surface area contributed by atoms with Crippen molar-refractivity contribution in [3.63, 3.8) is 0 Å². The number of unbranched alkanes of at least 4 members (excludes halogenated alkanes) is 34. The first-order valence-corrected chi connectivity index (χ1v) is 34.1. The summed E-state index contributed by atoms with van der Waals surface area (Å²) in [4.78, 5) is 37.9. The van der Waals surface area contributed by atoms with E-state index in [0.717, 1.165) is 89.9 Å². The Morgan fingerprint density at radius 2 is 0.731 bits per heavy atom. The minimum Gasteiger partial charge on any atom is -0.756 e. The van der Waals surface area contributed by atoms with Crippen LogP contribution in [0.1, 0.15) is 296 Å². The number of esters is 2. The van der Waals surface area contributed by atoms with Gasteiger partial charge in [-0.25, -0.2) is 0 Å². The fourth-order valence-electron chi connectivity index (χ4n) is 9.21. The average molecular weight is 1110 g/mol. The van der Waals surface area contributed by atoms with E-state index in [9.17, 15) is 19.0 Å². The molecule has 2 atom stereocenters. The summed E-state index contributed by atoms with van der Waals surface area (Å²) in [6.45, 7) is 4.14. The van der Waals surface area contributed by atoms with Crippen molar-refractivity contribution in [3.8, 4) is 0 Å². The number of ether oxygens (including phenoxy) is 2. The maximum atomic E-state index is 12.8. The molecule has 0 amide bonds. The van der Waals surface area contributed by atoms with Crippen molar-refractivity contribution >= 4 is 19.8 Å². The van der Waals surface area contributed by atoms with Crippen molar-refractivity contribution < 1.29 is 42.1 Å². The second-order valence-electron chi connectivity index (χ2n) is 23.1. The van der Waals surface area contributed by atoms with Crippen LogP contribution in [0.3, 0.4) is 0 Å². The first-order chi connectivity index (χ1) is 38.0. The van der Waals surface area contributed by atoms with E-state index in [4.69, 9.17) is 18.5 Å². The molecule has 2 unspecified atom stereocenters. The lowest BCUT2D eigenvalue weighted by Crippen LogP contribution is -2.37. The summed E-state index contributed by atoms with van der Waals surface area (Å²) < 4.78 is 34.2. The number of hydrogen-bond acceptors (Lipinski definition) is 8. The van der Waals surface area contributed by atoms with Gasteiger partial charge in [0.25, 0.3) is 7.82 Å². The molecule has 0 aromatic carbocycles. The molecule has 0 N–H and O–H groups in total. The third-order valence-corrected chi connectivity index (χ3v) is 15.2. The Morgan fingerprint density at radius 1 is 0.410 bits per heavy atom. The van der Waals surface area contributed by atoms with Gasteiger partial charge in [-0.2, -0.15) is 0 Å². The van der Waals surface area contributed by atoms with Crippen LogP contribution in [0.5, 0.6) is 0 Å². The van der Waals surface area contributed by atoms with Gasteiger partial charge in [0.05, 0.1) is 27.7 Å². The van der Waals surface area contributed by atoms with Crippen LogP contribution in [0, 0.1) is 0 Å². The average Bonchev–Trinajstić information content (AvgIpc) is 3.41. The molecule has 0 rings (SSSR count). The second-order valence-corrected chi connectivity index (χ2v) is 24.5. The number of hydrogen-bond donors (Lipinski definition) is 0. The highest BCUT2D eigenvalue weighted by Crippen LogP contribution is 2.38. The van der Waals surface area contributed by atoms with Crippen LogP contribution >= 0.6 is 7.82 Å². The fourth-order valence-corrected chi connectivity index (χ4v) is 9.94. The lowest BCUT2D eigenvalue weighted by Gasteiger charge is -2.28. The molecule has 10 heteroatoms. The lowest BCUT2D eigenvalue weighted by atomic mass is 10.0. The number of likely N-dealkylation sites (N-methyl/N-ethyl adjacent to an activating group) is 1. The van der Waals surface area contributed by atoms with E-state index in [1.807, 2.05) is 21.1 Å². The molecule has 0 bridgehead atoms. The molecule has 9 nitrogen and oxygen atoms in total. The van der Waals surface area contributed by atoms with Gasteiger partial charge in [0.2, 0.25) is 0 Å². The van der Waals surface area contributed by atoms with Crippen LogP contribution in [-0.4, -0.2) is 70.0 Å². The summed E-state index contributed by atoms with van der Waals surface area (Å²) in [6, 6.07) is 0. The van der Waals surface area contributed by atoms with E-state index in [2.05, 4.69) is 86.8 Å². The molecule has 0 aliphatic heterocycles. The van der Waals surface area contributed by atoms with Crippen LogP contribution in [0.15, 0.2) is 72.9 Å². The van der Waals surface area contributed by atoms with Gasteiger partial charge in [-0.15, -0.1) is 0 Å². The minimum atomic E-state index is -4.64. The predicted molar refractivity (Wildman–Crippen MR) is 333 cm³/mol. The third kappa shape index (κ3) is 62.6. The molecule has 454 valence electrons. The van der Waals surface area contributed by atoms with Gasteiger partial charge in [0, 0.05) is 12.8 Å². The Balaban J connectivity index is 3.92. The zero-order valence-corrected chi connectivity index (χ0v) is 52.5. The minimum absolute atomic E-state index is 0.0315. The first kappa shape index (κ1) is 75.5. The molecule has 0 heterocycles. The van der Waals surface area contributed by atoms with Crippen LogP contribution < -0.4 is 4.89 Å². The zero-order valence-electron chi connectivity index (χ0n) is 51.6. The largest absolute Gasteiger partial charge is 0.756 e. The summed E-state index contributed by atoms with van der Waals surface area (Å²) in [5, 5.41) is 0. The third-order valence-electron chi connectivity index (χ3n) is 14.2. The van der Waals surface area contributed by atoms with E-state index >= 15 is 0 Å². The second kappa shape index (κ2) is 59.1. The molecule has 78 heavy (non-hydrogen) atoms. The molecule has 0 aliphatic rings. The molecule has 0 aromatic rings. The zero-order chi connectivity index (χ0) is 57.0. The number of allylic oxidation sites excluding steroid dienone is 12. The molecule has 0 aromatic heterocycles. The van der Waals surface area contributed by atoms with Gasteiger partial charge in [-0.3, -0.25) is 14.2 Å². The Kier molecular flexibility index (Phi) is 57.2. The summed E-state index contributed by atoms with van der Waals surface area (Å²) in [7, 11) is 1.17. The molecule has 0 radical (unpaired) electrons. The molecule has 0 spiro atoms. The van der Waals surface area contributed by atoms with E-state index in [1.54, 1.807) is 0 Å². The number of carbonyl (C=O) groups excluding carboxylic acids is 2. The van der Waals surface area contributed by atoms with Crippen molar-refractivity contribution in [1.82, 2.24) is 0 Å². The first-order valence-electron chi connectivity index (χ1n) is 32.6. The van der Waals surface area contributed by atoms with Crippen molar-refractivity contribution in [2.24, 2.45) is 0 Å². The number of nitrogens with zero attached hydrogens (tertiary/aromatic N) is 1. The van der Waals surface area contributed by atoms with Crippen LogP contribution in [-0.2, 0) is 32.7 Å². The fraction of sp³-hybridized carbons (Fsp3) is 0.794. The highest BCUT2D eigenvalue weighted by molar-refractivity contribution is 7.45. The molecular formula is C68H124NO8P. The lowest BCUT2D eigenvalue weighted by molar-refractivity contribution is -0.870. The van der Waals surface area contributed by atoms with Crippen LogP contribution in [0.2, 0.25) is 0 Å². The highest BCUT2D eigenvalue weighted by Gasteiger charge is 2.22. The van der Waals surface area contributed by atoms with E-state index in [1.165, 1.54) is 173 Å². The number of carbonyl (C=O) groups is 2. The van der Waals surface area contributed by atoms with Gasteiger partial charge in [0.1, 0.15) is 19.8 Å². The van der Waals surface area contributed by atoms with E-state index in [-0.39, 0.29) is 32.0 Å². The van der Waals surface area contributed by atoms with Gasteiger partial charge >= 0.3 is 11.9 Å². The molecule has 0 saturated heterocycles. The van der Waals surface area contributed by atoms with Gasteiger partial charge < -0.3 is 27.9 Å². The molecule has 0 fully saturated rings. The van der Waals surface area contributed by atoms with Crippen molar-refractivity contribution in [2.75, 3.05) is 47.5 Å². The number of phosphoric acid groups is 1. The highest BCUT2D eigenvalue weighted by atomic mass is 31.2. The van der Waals surface area contributed by atoms with Crippen LogP contribution in [0.25, 0.3) is 0 Å². The number of quaternary nitrogens is 1. The summed E-state index contributed by atoms with van der Waals surface area (Å²) in [5.74, 6) is -0.832. The Hall–Kier alpha value is -2.55. The smallest absolute Gasteiger partial charge is 0.306 e. The number of rotatable bonds is 60.